The number of allylic oxidation sites excluding steroid dienone is 1. The first-order valence-corrected chi connectivity index (χ1v) is 6.76. The van der Waals surface area contributed by atoms with Crippen LogP contribution in [0.3, 0.4) is 0 Å². The van der Waals surface area contributed by atoms with E-state index in [-0.39, 0.29) is 23.0 Å². The number of Topliss-reactive ketones (excluding diaryl/α,β-unsaturated/α-hetero) is 1. The fourth-order valence-electron chi connectivity index (χ4n) is 2.34. The highest BCUT2D eigenvalue weighted by Gasteiger charge is 2.32. The summed E-state index contributed by atoms with van der Waals surface area (Å²) in [6.45, 7) is 0. The first-order chi connectivity index (χ1) is 11.0. The van der Waals surface area contributed by atoms with Crippen molar-refractivity contribution in [1.82, 2.24) is 0 Å². The van der Waals surface area contributed by atoms with Crippen molar-refractivity contribution >= 4 is 11.9 Å². The van der Waals surface area contributed by atoms with E-state index in [0.29, 0.717) is 28.4 Å². The van der Waals surface area contributed by atoms with Crippen LogP contribution < -0.4 is 14.2 Å². The smallest absolute Gasteiger partial charge is 0.232 e. The predicted octanol–water partition coefficient (Wildman–Crippen LogP) is 2.73. The van der Waals surface area contributed by atoms with Gasteiger partial charge < -0.3 is 24.4 Å². The highest BCUT2D eigenvalue weighted by Crippen LogP contribution is 2.45. The number of fused-ring (bicyclic) bond motifs is 1. The van der Waals surface area contributed by atoms with Gasteiger partial charge in [-0.25, -0.2) is 0 Å². The maximum absolute atomic E-state index is 12.4. The minimum absolute atomic E-state index is 0.0941. The number of phenolic OH excluding ortho intramolecular Hbond substituents is 2. The lowest BCUT2D eigenvalue weighted by Gasteiger charge is -2.10. The lowest BCUT2D eigenvalue weighted by Crippen LogP contribution is -1.97. The Kier molecular flexibility index (Phi) is 3.57. The number of phenols is 2. The molecule has 0 unspecified atom stereocenters. The molecule has 0 spiro atoms. The van der Waals surface area contributed by atoms with Crippen LogP contribution in [-0.4, -0.2) is 30.2 Å². The Morgan fingerprint density at radius 1 is 1.04 bits per heavy atom. The molecule has 0 saturated carbocycles. The molecular weight excluding hydrogens is 300 g/mol. The number of hydrogen-bond donors (Lipinski definition) is 2. The zero-order valence-electron chi connectivity index (χ0n) is 12.5. The van der Waals surface area contributed by atoms with E-state index in [4.69, 9.17) is 14.2 Å². The van der Waals surface area contributed by atoms with Crippen molar-refractivity contribution < 1.29 is 29.2 Å². The van der Waals surface area contributed by atoms with Crippen molar-refractivity contribution in [1.29, 1.82) is 0 Å². The minimum Gasteiger partial charge on any atom is -0.504 e. The van der Waals surface area contributed by atoms with Crippen molar-refractivity contribution in [2.24, 2.45) is 0 Å². The van der Waals surface area contributed by atoms with E-state index in [9.17, 15) is 15.0 Å². The Labute approximate surface area is 132 Å². The Hall–Kier alpha value is -3.15. The summed E-state index contributed by atoms with van der Waals surface area (Å²) in [5.41, 5.74) is 0.888. The molecule has 1 heterocycles. The van der Waals surface area contributed by atoms with Crippen molar-refractivity contribution in [3.8, 4) is 28.7 Å². The maximum Gasteiger partial charge on any atom is 0.232 e. The molecule has 0 saturated heterocycles. The molecule has 0 amide bonds. The molecule has 0 fully saturated rings. The highest BCUT2D eigenvalue weighted by atomic mass is 16.5. The molecule has 23 heavy (non-hydrogen) atoms. The van der Waals surface area contributed by atoms with Gasteiger partial charge in [0, 0.05) is 0 Å². The van der Waals surface area contributed by atoms with E-state index in [0.717, 1.165) is 0 Å². The van der Waals surface area contributed by atoms with E-state index in [1.807, 2.05) is 0 Å². The summed E-state index contributed by atoms with van der Waals surface area (Å²) < 4.78 is 16.1. The van der Waals surface area contributed by atoms with Gasteiger partial charge in [0.15, 0.2) is 28.8 Å². The second kappa shape index (κ2) is 5.57. The van der Waals surface area contributed by atoms with Gasteiger partial charge in [-0.3, -0.25) is 4.79 Å². The number of methoxy groups -OCH3 is 2. The molecule has 6 heteroatoms. The Bertz CT molecular complexity index is 822. The molecular formula is C17H14O6. The third kappa shape index (κ3) is 2.44. The molecule has 2 N–H and O–H groups in total. The van der Waals surface area contributed by atoms with Crippen molar-refractivity contribution in [2.75, 3.05) is 14.2 Å². The van der Waals surface area contributed by atoms with Gasteiger partial charge in [0.05, 0.1) is 19.8 Å². The average molecular weight is 314 g/mol. The van der Waals surface area contributed by atoms with Crippen molar-refractivity contribution in [2.45, 2.75) is 0 Å². The SMILES string of the molecule is COc1ccc2c(c1OC)O/C(=C\c1ccc(O)c(O)c1)C2=O. The second-order valence-electron chi connectivity index (χ2n) is 4.87. The topological polar surface area (TPSA) is 85.2 Å². The zero-order valence-corrected chi connectivity index (χ0v) is 12.5. The molecule has 1 aliphatic rings. The van der Waals surface area contributed by atoms with Crippen LogP contribution in [0.25, 0.3) is 6.08 Å². The highest BCUT2D eigenvalue weighted by molar-refractivity contribution is 6.15. The lowest BCUT2D eigenvalue weighted by atomic mass is 10.1. The first-order valence-electron chi connectivity index (χ1n) is 6.76. The number of hydrogen-bond acceptors (Lipinski definition) is 6. The van der Waals surface area contributed by atoms with Crippen LogP contribution in [0.15, 0.2) is 36.1 Å². The van der Waals surface area contributed by atoms with E-state index >= 15 is 0 Å². The molecule has 6 nitrogen and oxygen atoms in total. The molecule has 3 rings (SSSR count). The summed E-state index contributed by atoms with van der Waals surface area (Å²) in [6.07, 6.45) is 1.48. The number of ketones is 1. The van der Waals surface area contributed by atoms with E-state index in [2.05, 4.69) is 0 Å². The predicted molar refractivity (Wildman–Crippen MR) is 82.3 cm³/mol. The Balaban J connectivity index is 2.03. The lowest BCUT2D eigenvalue weighted by molar-refractivity contribution is 0.101. The van der Waals surface area contributed by atoms with Gasteiger partial charge in [-0.1, -0.05) is 6.07 Å². The quantitative estimate of drug-likeness (QED) is 0.669. The Morgan fingerprint density at radius 3 is 2.48 bits per heavy atom. The molecule has 2 aromatic carbocycles. The van der Waals surface area contributed by atoms with Crippen LogP contribution in [0, 0.1) is 0 Å². The van der Waals surface area contributed by atoms with Gasteiger partial charge in [-0.2, -0.15) is 0 Å². The summed E-state index contributed by atoms with van der Waals surface area (Å²) in [6, 6.07) is 7.46. The van der Waals surface area contributed by atoms with Crippen LogP contribution in [0.5, 0.6) is 28.7 Å². The number of carbonyl (C=O) groups is 1. The number of rotatable bonds is 3. The standard InChI is InChI=1S/C17H14O6/c1-21-13-6-4-10-15(20)14(23-16(10)17(13)22-2)8-9-3-5-11(18)12(19)7-9/h3-8,18-19H,1-2H3/b14-8-. The zero-order chi connectivity index (χ0) is 16.6. The van der Waals surface area contributed by atoms with Gasteiger partial charge in [0.2, 0.25) is 11.5 Å². The largest absolute Gasteiger partial charge is 0.504 e. The van der Waals surface area contributed by atoms with E-state index in [1.54, 1.807) is 18.2 Å². The summed E-state index contributed by atoms with van der Waals surface area (Å²) in [4.78, 5) is 12.4. The second-order valence-corrected chi connectivity index (χ2v) is 4.87. The average Bonchev–Trinajstić information content (AvgIpc) is 2.86. The third-order valence-electron chi connectivity index (χ3n) is 3.48. The molecule has 1 aliphatic heterocycles. The van der Waals surface area contributed by atoms with Crippen molar-refractivity contribution in [3.05, 3.63) is 47.2 Å². The summed E-state index contributed by atoms with van der Waals surface area (Å²) in [5.74, 6) is 0.385. The van der Waals surface area contributed by atoms with Gasteiger partial charge in [-0.15, -0.1) is 0 Å². The first kappa shape index (κ1) is 14.8. The monoisotopic (exact) mass is 314 g/mol. The summed E-state index contributed by atoms with van der Waals surface area (Å²) >= 11 is 0. The third-order valence-corrected chi connectivity index (χ3v) is 3.48. The van der Waals surface area contributed by atoms with Crippen LogP contribution in [-0.2, 0) is 0 Å². The molecule has 0 radical (unpaired) electrons. The molecule has 0 atom stereocenters. The number of aromatic hydroxyl groups is 2. The van der Waals surface area contributed by atoms with Gasteiger partial charge in [-0.05, 0) is 35.9 Å². The van der Waals surface area contributed by atoms with Crippen LogP contribution in [0.1, 0.15) is 15.9 Å². The number of ether oxygens (including phenoxy) is 3. The van der Waals surface area contributed by atoms with E-state index in [1.165, 1.54) is 32.4 Å². The molecule has 0 bridgehead atoms. The van der Waals surface area contributed by atoms with E-state index < -0.39 is 0 Å². The molecule has 118 valence electrons. The summed E-state index contributed by atoms with van der Waals surface area (Å²) in [7, 11) is 2.96. The van der Waals surface area contributed by atoms with Crippen LogP contribution in [0.2, 0.25) is 0 Å². The fraction of sp³-hybridized carbons (Fsp3) is 0.118. The van der Waals surface area contributed by atoms with Gasteiger partial charge in [0.25, 0.3) is 0 Å². The van der Waals surface area contributed by atoms with Crippen molar-refractivity contribution in [3.63, 3.8) is 0 Å². The van der Waals surface area contributed by atoms with Crippen LogP contribution >= 0.6 is 0 Å². The summed E-state index contributed by atoms with van der Waals surface area (Å²) in [5, 5.41) is 18.8. The number of benzene rings is 2. The van der Waals surface area contributed by atoms with Crippen LogP contribution in [0.4, 0.5) is 0 Å². The molecule has 0 aliphatic carbocycles. The Morgan fingerprint density at radius 2 is 1.83 bits per heavy atom. The normalized spacial score (nSPS) is 14.5. The minimum atomic E-state index is -0.298. The van der Waals surface area contributed by atoms with Gasteiger partial charge >= 0.3 is 0 Å². The maximum atomic E-state index is 12.4. The number of carbonyl (C=O) groups excluding carboxylic acids is 1. The molecule has 0 aromatic heterocycles. The fourth-order valence-corrected chi connectivity index (χ4v) is 2.34. The van der Waals surface area contributed by atoms with Gasteiger partial charge in [0.1, 0.15) is 0 Å². The molecule has 2 aromatic rings.